The predicted octanol–water partition coefficient (Wildman–Crippen LogP) is 3.49. The van der Waals surface area contributed by atoms with Gasteiger partial charge in [-0.2, -0.15) is 0 Å². The van der Waals surface area contributed by atoms with Crippen LogP contribution in [0.25, 0.3) is 0 Å². The van der Waals surface area contributed by atoms with Crippen LogP contribution in [0.4, 0.5) is 0 Å². The molecule has 0 nitrogen and oxygen atoms in total. The third kappa shape index (κ3) is 57.0. The zero-order chi connectivity index (χ0) is 6.41. The molecule has 0 spiro atoms. The van der Waals surface area contributed by atoms with Crippen molar-refractivity contribution in [2.24, 2.45) is 0 Å². The molecule has 0 aliphatic carbocycles. The predicted molar refractivity (Wildman–Crippen MR) is 42.3 cm³/mol. The quantitative estimate of drug-likeness (QED) is 0.515. The Labute approximate surface area is 91.4 Å². The Balaban J connectivity index is 0. The average Bonchev–Trinajstić information content (AvgIpc) is 0.592. The minimum atomic E-state index is -5.29. The average molecular weight is 432 g/mol. The van der Waals surface area contributed by atoms with Crippen LogP contribution in [0.5, 0.6) is 0 Å². The second-order valence-electron chi connectivity index (χ2n) is 0.678. The summed E-state index contributed by atoms with van der Waals surface area (Å²) in [6.45, 7) is 0. The van der Waals surface area contributed by atoms with Crippen LogP contribution >= 0.6 is 56.5 Å². The Bertz CT molecular complexity index is 67.1. The second-order valence-corrected chi connectivity index (χ2v) is 49.9. The summed E-state index contributed by atoms with van der Waals surface area (Å²) >= 11 is 0. The van der Waals surface area contributed by atoms with Gasteiger partial charge in [0, 0.05) is 0 Å². The molecule has 0 unspecified atom stereocenters. The molecule has 0 radical (unpaired) electrons. The van der Waals surface area contributed by atoms with Crippen molar-refractivity contribution in [2.45, 2.75) is 0 Å². The second kappa shape index (κ2) is 2.73. The van der Waals surface area contributed by atoms with Crippen LogP contribution in [0.15, 0.2) is 0 Å². The molecule has 54 valence electrons. The number of rotatable bonds is 0. The van der Waals surface area contributed by atoms with E-state index < -0.39 is 7.31 Å². The van der Waals surface area contributed by atoms with Gasteiger partial charge in [0.1, 0.15) is 0 Å². The molecule has 0 bridgehead atoms. The van der Waals surface area contributed by atoms with Crippen LogP contribution in [-0.4, -0.2) is 29.6 Å². The SMILES string of the molecule is [Cl][Pt]([Cl])([Cl])([Cl])([Cl])[Cl].[NaH]. The molecule has 8 heteroatoms. The molecule has 0 aromatic heterocycles. The van der Waals surface area contributed by atoms with Crippen LogP contribution in [0.2, 0.25) is 0 Å². The van der Waals surface area contributed by atoms with Gasteiger partial charge >= 0.3 is 93.4 Å². The van der Waals surface area contributed by atoms with Crippen molar-refractivity contribution in [3.8, 4) is 0 Å². The molecular formula is HCl6NaPt. The maximum atomic E-state index is 5.05. The summed E-state index contributed by atoms with van der Waals surface area (Å²) in [5, 5.41) is 0. The normalized spacial score (nSPS) is 20.2. The molecule has 0 amide bonds. The third-order valence-electron chi connectivity index (χ3n) is 0. The molecule has 0 saturated heterocycles. The molecule has 0 atom stereocenters. The van der Waals surface area contributed by atoms with Gasteiger partial charge in [-0.15, -0.1) is 0 Å². The molecule has 0 heterocycles. The molecule has 0 fully saturated rings. The monoisotopic (exact) mass is 429 g/mol. The van der Waals surface area contributed by atoms with Gasteiger partial charge in [0.05, 0.1) is 0 Å². The fourth-order valence-electron chi connectivity index (χ4n) is 0. The van der Waals surface area contributed by atoms with E-state index in [9.17, 15) is 0 Å². The van der Waals surface area contributed by atoms with E-state index in [4.69, 9.17) is 56.5 Å². The van der Waals surface area contributed by atoms with Gasteiger partial charge in [0.15, 0.2) is 0 Å². The van der Waals surface area contributed by atoms with Crippen LogP contribution in [-0.2, 0) is 7.31 Å². The first-order valence-corrected chi connectivity index (χ1v) is 17.6. The standard InChI is InChI=1S/6ClH.Na.Pt.H/h6*1H;;;/q;;;;;;;+6;/p-6. The van der Waals surface area contributed by atoms with Crippen molar-refractivity contribution in [2.75, 3.05) is 0 Å². The van der Waals surface area contributed by atoms with Gasteiger partial charge in [0.2, 0.25) is 0 Å². The Morgan fingerprint density at radius 3 is 0.625 bits per heavy atom. The van der Waals surface area contributed by atoms with Gasteiger partial charge in [0.25, 0.3) is 0 Å². The zero-order valence-electron chi connectivity index (χ0n) is 2.58. The minimum absolute atomic E-state index is 0. The summed E-state index contributed by atoms with van der Waals surface area (Å²) in [6.07, 6.45) is 0. The van der Waals surface area contributed by atoms with E-state index in [1.807, 2.05) is 0 Å². The van der Waals surface area contributed by atoms with Crippen LogP contribution in [0.3, 0.4) is 0 Å². The number of hydrogen-bond acceptors (Lipinski definition) is 0. The topological polar surface area (TPSA) is 0 Å². The molecule has 0 aromatic rings. The fourth-order valence-corrected chi connectivity index (χ4v) is 0. The van der Waals surface area contributed by atoms with Gasteiger partial charge < -0.3 is 0 Å². The summed E-state index contributed by atoms with van der Waals surface area (Å²) in [7, 11) is 25.0. The molecular weight excluding hydrogens is 431 g/mol. The third-order valence-corrected chi connectivity index (χ3v) is 0. The molecule has 0 aromatic carbocycles. The van der Waals surface area contributed by atoms with Gasteiger partial charge in [-0.25, -0.2) is 0 Å². The number of hydrogen-bond donors (Lipinski definition) is 0. The Hall–Kier alpha value is 3.43. The maximum absolute atomic E-state index is 5.29. The number of halogens is 6. The summed E-state index contributed by atoms with van der Waals surface area (Å²) in [6, 6.07) is 0. The van der Waals surface area contributed by atoms with Crippen molar-refractivity contribution in [1.82, 2.24) is 0 Å². The van der Waals surface area contributed by atoms with Crippen LogP contribution in [0, 0.1) is 0 Å². The van der Waals surface area contributed by atoms with Crippen molar-refractivity contribution in [1.29, 1.82) is 0 Å². The molecule has 8 heavy (non-hydrogen) atoms. The Kier molecular flexibility index (Phi) is 4.77. The van der Waals surface area contributed by atoms with Crippen LogP contribution < -0.4 is 0 Å². The van der Waals surface area contributed by atoms with E-state index in [0.29, 0.717) is 0 Å². The van der Waals surface area contributed by atoms with E-state index >= 15 is 0 Å². The first-order valence-electron chi connectivity index (χ1n) is 0.717. The molecule has 0 N–H and O–H groups in total. The summed E-state index contributed by atoms with van der Waals surface area (Å²) in [5.74, 6) is 0. The van der Waals surface area contributed by atoms with Crippen molar-refractivity contribution in [3.05, 3.63) is 0 Å². The Morgan fingerprint density at radius 2 is 0.625 bits per heavy atom. The van der Waals surface area contributed by atoms with Crippen molar-refractivity contribution in [3.63, 3.8) is 0 Å². The van der Waals surface area contributed by atoms with E-state index in [1.54, 1.807) is 0 Å². The van der Waals surface area contributed by atoms with Gasteiger partial charge in [-0.05, 0) is 0 Å². The summed E-state index contributed by atoms with van der Waals surface area (Å²) < 4.78 is 0. The Morgan fingerprint density at radius 1 is 0.625 bits per heavy atom. The van der Waals surface area contributed by atoms with E-state index in [1.165, 1.54) is 0 Å². The molecule has 0 rings (SSSR count). The molecule has 0 saturated carbocycles. The van der Waals surface area contributed by atoms with E-state index in [-0.39, 0.29) is 29.6 Å². The summed E-state index contributed by atoms with van der Waals surface area (Å²) in [4.78, 5) is 0. The van der Waals surface area contributed by atoms with Gasteiger partial charge in [-0.3, -0.25) is 0 Å². The molecule has 0 aliphatic rings. The van der Waals surface area contributed by atoms with E-state index in [0.717, 1.165) is 0 Å². The summed E-state index contributed by atoms with van der Waals surface area (Å²) in [5.41, 5.74) is 0. The zero-order valence-corrected chi connectivity index (χ0v) is 9.39. The first-order chi connectivity index (χ1) is 2.45. The van der Waals surface area contributed by atoms with Gasteiger partial charge in [-0.1, -0.05) is 0 Å². The van der Waals surface area contributed by atoms with Crippen molar-refractivity contribution < 1.29 is 7.31 Å². The first kappa shape index (κ1) is 14.0. The van der Waals surface area contributed by atoms with Crippen molar-refractivity contribution >= 4 is 86.1 Å². The molecule has 0 aliphatic heterocycles. The fraction of sp³-hybridized carbons (Fsp3) is 0. The van der Waals surface area contributed by atoms with E-state index in [2.05, 4.69) is 0 Å². The van der Waals surface area contributed by atoms with Crippen LogP contribution in [0.1, 0.15) is 0 Å².